The average molecular weight is 174 g/mol. The smallest absolute Gasteiger partial charge is 0.0187 e. The van der Waals surface area contributed by atoms with Crippen LogP contribution < -0.4 is 0 Å². The van der Waals surface area contributed by atoms with Crippen LogP contribution in [0.15, 0.2) is 4.52 Å². The number of unbranched alkanes of at least 4 members (excludes halogenated alkanes) is 1. The van der Waals surface area contributed by atoms with Crippen molar-refractivity contribution >= 4 is 12.1 Å². The Balaban J connectivity index is 3.48. The van der Waals surface area contributed by atoms with E-state index in [9.17, 15) is 0 Å². The van der Waals surface area contributed by atoms with Crippen molar-refractivity contribution in [2.75, 3.05) is 13.1 Å². The Hall–Kier alpha value is -0.380. The summed E-state index contributed by atoms with van der Waals surface area (Å²) in [6.07, 6.45) is 2.33. The maximum absolute atomic E-state index is 8.05. The van der Waals surface area contributed by atoms with Crippen LogP contribution in [-0.4, -0.2) is 17.4 Å². The molecule has 0 aromatic carbocycles. The van der Waals surface area contributed by atoms with Crippen LogP contribution in [0.1, 0.15) is 26.7 Å². The summed E-state index contributed by atoms with van der Waals surface area (Å²) < 4.78 is 5.46. The molecular weight excluding hydrogens is 160 g/mol. The lowest BCUT2D eigenvalue weighted by atomic mass is 10.3. The minimum Gasteiger partial charge on any atom is -0.245 e. The summed E-state index contributed by atoms with van der Waals surface area (Å²) in [4.78, 5) is 2.68. The van der Waals surface area contributed by atoms with Crippen LogP contribution in [0.25, 0.3) is 10.4 Å². The maximum atomic E-state index is 8.05. The fourth-order valence-electron chi connectivity index (χ4n) is 0.659. The Morgan fingerprint density at radius 1 is 1.55 bits per heavy atom. The monoisotopic (exact) mass is 174 g/mol. The Morgan fingerprint density at radius 3 is 2.73 bits per heavy atom. The van der Waals surface area contributed by atoms with Crippen molar-refractivity contribution < 1.29 is 0 Å². The van der Waals surface area contributed by atoms with Crippen LogP contribution in [0.3, 0.4) is 0 Å². The number of hydrogen-bond acceptors (Lipinski definition) is 3. The van der Waals surface area contributed by atoms with Crippen LogP contribution in [0.5, 0.6) is 0 Å². The Bertz CT molecular complexity index is 133. The lowest BCUT2D eigenvalue weighted by Crippen LogP contribution is -2.14. The van der Waals surface area contributed by atoms with Crippen molar-refractivity contribution in [3.05, 3.63) is 10.4 Å². The standard InChI is InChI=1S/C6H14N4S/c1-3-5-6-10(4-2)11-9-8-7/h3-6H2,1-2H3. The molecule has 0 heterocycles. The van der Waals surface area contributed by atoms with Gasteiger partial charge in [0.1, 0.15) is 0 Å². The molecule has 0 atom stereocenters. The molecule has 0 radical (unpaired) electrons. The first-order valence-electron chi connectivity index (χ1n) is 3.81. The van der Waals surface area contributed by atoms with Crippen molar-refractivity contribution in [3.63, 3.8) is 0 Å². The van der Waals surface area contributed by atoms with E-state index in [1.807, 2.05) is 4.31 Å². The quantitative estimate of drug-likeness (QED) is 0.269. The van der Waals surface area contributed by atoms with Crippen molar-refractivity contribution in [1.82, 2.24) is 4.31 Å². The summed E-state index contributed by atoms with van der Waals surface area (Å²) in [5.74, 6) is 0. The minimum absolute atomic E-state index is 0.920. The van der Waals surface area contributed by atoms with Crippen molar-refractivity contribution in [2.45, 2.75) is 26.7 Å². The number of hydrogen-bond donors (Lipinski definition) is 0. The van der Waals surface area contributed by atoms with Crippen LogP contribution in [0.4, 0.5) is 0 Å². The minimum atomic E-state index is 0.920. The first-order valence-corrected chi connectivity index (χ1v) is 4.54. The highest BCUT2D eigenvalue weighted by Gasteiger charge is 1.98. The zero-order valence-electron chi connectivity index (χ0n) is 7.03. The van der Waals surface area contributed by atoms with Gasteiger partial charge in [0, 0.05) is 30.1 Å². The molecule has 0 N–H and O–H groups in total. The third-order valence-electron chi connectivity index (χ3n) is 1.30. The summed E-state index contributed by atoms with van der Waals surface area (Å²) in [5, 5.41) is 0. The largest absolute Gasteiger partial charge is 0.245 e. The molecule has 11 heavy (non-hydrogen) atoms. The molecular formula is C6H14N4S. The maximum Gasteiger partial charge on any atom is 0.0187 e. The first kappa shape index (κ1) is 10.6. The first-order chi connectivity index (χ1) is 5.35. The molecule has 0 bridgehead atoms. The average Bonchev–Trinajstić information content (AvgIpc) is 2.05. The molecule has 0 aliphatic rings. The summed E-state index contributed by atoms with van der Waals surface area (Å²) in [6.45, 7) is 6.11. The zero-order valence-corrected chi connectivity index (χ0v) is 7.84. The van der Waals surface area contributed by atoms with Crippen LogP contribution in [0, 0.1) is 0 Å². The molecule has 0 fully saturated rings. The molecule has 0 aliphatic heterocycles. The van der Waals surface area contributed by atoms with Gasteiger partial charge in [-0.15, -0.1) is 0 Å². The predicted molar refractivity (Wildman–Crippen MR) is 48.9 cm³/mol. The summed E-state index contributed by atoms with van der Waals surface area (Å²) >= 11 is 1.20. The molecule has 64 valence electrons. The second kappa shape index (κ2) is 7.72. The second-order valence-corrected chi connectivity index (χ2v) is 2.97. The lowest BCUT2D eigenvalue weighted by Gasteiger charge is -2.14. The third kappa shape index (κ3) is 6.04. The van der Waals surface area contributed by atoms with Gasteiger partial charge in [0.25, 0.3) is 0 Å². The van der Waals surface area contributed by atoms with E-state index in [4.69, 9.17) is 5.53 Å². The number of rotatable bonds is 6. The normalized spacial score (nSPS) is 9.73. The SMILES string of the molecule is CCCCN(CC)SN=[N+]=[N-]. The van der Waals surface area contributed by atoms with Crippen molar-refractivity contribution in [3.8, 4) is 0 Å². The van der Waals surface area contributed by atoms with Gasteiger partial charge in [-0.25, -0.2) is 4.31 Å². The van der Waals surface area contributed by atoms with E-state index in [0.717, 1.165) is 19.5 Å². The molecule has 0 aromatic rings. The van der Waals surface area contributed by atoms with E-state index < -0.39 is 0 Å². The van der Waals surface area contributed by atoms with Gasteiger partial charge in [0.2, 0.25) is 0 Å². The molecule has 5 heteroatoms. The summed E-state index contributed by atoms with van der Waals surface area (Å²) in [7, 11) is 0. The molecule has 0 saturated carbocycles. The summed E-state index contributed by atoms with van der Waals surface area (Å²) in [5.41, 5.74) is 8.05. The third-order valence-corrected chi connectivity index (χ3v) is 2.12. The van der Waals surface area contributed by atoms with E-state index in [2.05, 4.69) is 23.3 Å². The molecule has 0 rings (SSSR count). The second-order valence-electron chi connectivity index (χ2n) is 2.13. The van der Waals surface area contributed by atoms with E-state index in [-0.39, 0.29) is 0 Å². The van der Waals surface area contributed by atoms with Gasteiger partial charge in [0.05, 0.1) is 0 Å². The van der Waals surface area contributed by atoms with Crippen LogP contribution in [0.2, 0.25) is 0 Å². The highest BCUT2D eigenvalue weighted by atomic mass is 32.2. The highest BCUT2D eigenvalue weighted by molar-refractivity contribution is 7.95. The fourth-order valence-corrected chi connectivity index (χ4v) is 1.12. The molecule has 0 amide bonds. The van der Waals surface area contributed by atoms with Crippen molar-refractivity contribution in [2.24, 2.45) is 4.52 Å². The molecule has 0 spiro atoms. The fraction of sp³-hybridized carbons (Fsp3) is 1.00. The van der Waals surface area contributed by atoms with Crippen LogP contribution >= 0.6 is 12.1 Å². The van der Waals surface area contributed by atoms with E-state index >= 15 is 0 Å². The Morgan fingerprint density at radius 2 is 2.27 bits per heavy atom. The van der Waals surface area contributed by atoms with Gasteiger partial charge in [-0.3, -0.25) is 0 Å². The Kier molecular flexibility index (Phi) is 7.46. The number of nitrogens with zero attached hydrogens (tertiary/aromatic N) is 4. The van der Waals surface area contributed by atoms with E-state index in [1.165, 1.54) is 18.6 Å². The van der Waals surface area contributed by atoms with Gasteiger partial charge in [-0.05, 0) is 16.5 Å². The van der Waals surface area contributed by atoms with Gasteiger partial charge in [0.15, 0.2) is 0 Å². The van der Waals surface area contributed by atoms with Gasteiger partial charge < -0.3 is 0 Å². The lowest BCUT2D eigenvalue weighted by molar-refractivity contribution is 0.479. The predicted octanol–water partition coefficient (Wildman–Crippen LogP) is 2.98. The van der Waals surface area contributed by atoms with Gasteiger partial charge in [-0.2, -0.15) is 0 Å². The molecule has 0 aliphatic carbocycles. The molecule has 0 saturated heterocycles. The zero-order chi connectivity index (χ0) is 8.53. The molecule has 0 aromatic heterocycles. The highest BCUT2D eigenvalue weighted by Crippen LogP contribution is 2.11. The number of azide groups is 1. The van der Waals surface area contributed by atoms with Crippen molar-refractivity contribution in [1.29, 1.82) is 0 Å². The molecule has 4 nitrogen and oxygen atoms in total. The van der Waals surface area contributed by atoms with Gasteiger partial charge in [-0.1, -0.05) is 20.3 Å². The van der Waals surface area contributed by atoms with E-state index in [1.54, 1.807) is 0 Å². The van der Waals surface area contributed by atoms with Crippen LogP contribution in [-0.2, 0) is 0 Å². The summed E-state index contributed by atoms with van der Waals surface area (Å²) in [6, 6.07) is 0. The van der Waals surface area contributed by atoms with Gasteiger partial charge >= 0.3 is 0 Å². The Labute approximate surface area is 71.9 Å². The molecule has 0 unspecified atom stereocenters. The topological polar surface area (TPSA) is 52.0 Å². The van der Waals surface area contributed by atoms with E-state index in [0.29, 0.717) is 0 Å².